The molecule has 2 heteroatoms. The van der Waals surface area contributed by atoms with E-state index in [1.807, 2.05) is 12.3 Å². The molecule has 0 aromatic carbocycles. The van der Waals surface area contributed by atoms with Crippen molar-refractivity contribution in [2.45, 2.75) is 52.4 Å². The highest BCUT2D eigenvalue weighted by molar-refractivity contribution is 5.99. The van der Waals surface area contributed by atoms with Crippen LogP contribution in [0.5, 0.6) is 0 Å². The van der Waals surface area contributed by atoms with Crippen LogP contribution in [-0.2, 0) is 6.42 Å². The van der Waals surface area contributed by atoms with Gasteiger partial charge in [-0.05, 0) is 36.8 Å². The van der Waals surface area contributed by atoms with Crippen molar-refractivity contribution in [1.82, 2.24) is 4.98 Å². The summed E-state index contributed by atoms with van der Waals surface area (Å²) in [4.78, 5) is 16.7. The minimum atomic E-state index is 0.247. The van der Waals surface area contributed by atoms with Gasteiger partial charge in [0.15, 0.2) is 5.78 Å². The lowest BCUT2D eigenvalue weighted by atomic mass is 9.76. The van der Waals surface area contributed by atoms with Crippen molar-refractivity contribution < 1.29 is 4.79 Å². The topological polar surface area (TPSA) is 30.0 Å². The van der Waals surface area contributed by atoms with Crippen LogP contribution in [0.15, 0.2) is 18.5 Å². The Balaban J connectivity index is 2.15. The molecular formula is C16H23NO. The van der Waals surface area contributed by atoms with E-state index in [0.717, 1.165) is 36.3 Å². The van der Waals surface area contributed by atoms with Crippen molar-refractivity contribution >= 4 is 5.78 Å². The Kier molecular flexibility index (Phi) is 4.51. The molecule has 1 fully saturated rings. The lowest BCUT2D eigenvalue weighted by Gasteiger charge is -2.27. The standard InChI is InChI=1S/C16H23NO/c1-3-12-6-5-7-14(10-12)16(18)15-8-9-17-11-13(15)4-2/h8-9,11-12,14H,3-7,10H2,1-2H3. The molecule has 0 bridgehead atoms. The molecule has 1 saturated carbocycles. The van der Waals surface area contributed by atoms with E-state index < -0.39 is 0 Å². The van der Waals surface area contributed by atoms with Gasteiger partial charge in [-0.2, -0.15) is 0 Å². The molecule has 2 unspecified atom stereocenters. The molecule has 0 radical (unpaired) electrons. The molecule has 0 amide bonds. The molecule has 98 valence electrons. The predicted molar refractivity (Wildman–Crippen MR) is 73.7 cm³/mol. The van der Waals surface area contributed by atoms with E-state index in [4.69, 9.17) is 0 Å². The largest absolute Gasteiger partial charge is 0.294 e. The first-order chi connectivity index (χ1) is 8.76. The molecule has 2 atom stereocenters. The van der Waals surface area contributed by atoms with E-state index >= 15 is 0 Å². The van der Waals surface area contributed by atoms with Gasteiger partial charge in [-0.3, -0.25) is 9.78 Å². The summed E-state index contributed by atoms with van der Waals surface area (Å²) in [5, 5.41) is 0. The Morgan fingerprint density at radius 3 is 2.94 bits per heavy atom. The van der Waals surface area contributed by atoms with Gasteiger partial charge in [0.2, 0.25) is 0 Å². The van der Waals surface area contributed by atoms with E-state index in [-0.39, 0.29) is 5.92 Å². The number of Topliss-reactive ketones (excluding diaryl/α,β-unsaturated/α-hetero) is 1. The molecule has 0 spiro atoms. The maximum Gasteiger partial charge on any atom is 0.166 e. The van der Waals surface area contributed by atoms with Crippen LogP contribution in [-0.4, -0.2) is 10.8 Å². The van der Waals surface area contributed by atoms with Crippen molar-refractivity contribution in [2.24, 2.45) is 11.8 Å². The molecular weight excluding hydrogens is 222 g/mol. The summed E-state index contributed by atoms with van der Waals surface area (Å²) in [6.07, 6.45) is 10.3. The fourth-order valence-corrected chi connectivity index (χ4v) is 3.07. The van der Waals surface area contributed by atoms with Crippen LogP contribution in [0.4, 0.5) is 0 Å². The number of pyridine rings is 1. The maximum absolute atomic E-state index is 12.6. The summed E-state index contributed by atoms with van der Waals surface area (Å²) in [6, 6.07) is 1.90. The zero-order chi connectivity index (χ0) is 13.0. The van der Waals surface area contributed by atoms with E-state index in [1.54, 1.807) is 6.20 Å². The highest BCUT2D eigenvalue weighted by Gasteiger charge is 2.27. The molecule has 2 nitrogen and oxygen atoms in total. The summed E-state index contributed by atoms with van der Waals surface area (Å²) in [5.41, 5.74) is 2.01. The fourth-order valence-electron chi connectivity index (χ4n) is 3.07. The summed E-state index contributed by atoms with van der Waals surface area (Å²) in [7, 11) is 0. The molecule has 1 aliphatic carbocycles. The van der Waals surface area contributed by atoms with Crippen LogP contribution >= 0.6 is 0 Å². The smallest absolute Gasteiger partial charge is 0.166 e. The van der Waals surface area contributed by atoms with Crippen molar-refractivity contribution in [3.05, 3.63) is 29.6 Å². The second-order valence-corrected chi connectivity index (χ2v) is 5.39. The van der Waals surface area contributed by atoms with Crippen LogP contribution in [0.25, 0.3) is 0 Å². The number of aryl methyl sites for hydroxylation is 1. The lowest BCUT2D eigenvalue weighted by Crippen LogP contribution is -2.23. The van der Waals surface area contributed by atoms with Crippen LogP contribution in [0.2, 0.25) is 0 Å². The van der Waals surface area contributed by atoms with E-state index in [2.05, 4.69) is 18.8 Å². The first kappa shape index (κ1) is 13.3. The molecule has 1 aliphatic rings. The van der Waals surface area contributed by atoms with Crippen molar-refractivity contribution in [1.29, 1.82) is 0 Å². The minimum Gasteiger partial charge on any atom is -0.294 e. The first-order valence-corrected chi connectivity index (χ1v) is 7.23. The van der Waals surface area contributed by atoms with Gasteiger partial charge in [0.1, 0.15) is 0 Å². The van der Waals surface area contributed by atoms with Crippen LogP contribution in [0.3, 0.4) is 0 Å². The van der Waals surface area contributed by atoms with Crippen LogP contribution < -0.4 is 0 Å². The predicted octanol–water partition coefficient (Wildman–Crippen LogP) is 4.04. The molecule has 0 N–H and O–H groups in total. The van der Waals surface area contributed by atoms with E-state index in [0.29, 0.717) is 5.78 Å². The van der Waals surface area contributed by atoms with Gasteiger partial charge in [-0.15, -0.1) is 0 Å². The van der Waals surface area contributed by atoms with Gasteiger partial charge in [0.25, 0.3) is 0 Å². The second kappa shape index (κ2) is 6.12. The lowest BCUT2D eigenvalue weighted by molar-refractivity contribution is 0.0861. The number of carbonyl (C=O) groups excluding carboxylic acids is 1. The summed E-state index contributed by atoms with van der Waals surface area (Å²) >= 11 is 0. The van der Waals surface area contributed by atoms with Gasteiger partial charge in [0.05, 0.1) is 0 Å². The maximum atomic E-state index is 12.6. The summed E-state index contributed by atoms with van der Waals surface area (Å²) in [6.45, 7) is 4.32. The number of rotatable bonds is 4. The Morgan fingerprint density at radius 2 is 2.22 bits per heavy atom. The SMILES string of the molecule is CCc1cnccc1C(=O)C1CCCC(CC)C1. The summed E-state index contributed by atoms with van der Waals surface area (Å²) in [5.74, 6) is 1.35. The molecule has 1 aromatic rings. The molecule has 1 heterocycles. The Hall–Kier alpha value is -1.18. The first-order valence-electron chi connectivity index (χ1n) is 7.23. The number of ketones is 1. The average Bonchev–Trinajstić information content (AvgIpc) is 2.46. The third-order valence-electron chi connectivity index (χ3n) is 4.28. The number of aromatic nitrogens is 1. The Morgan fingerprint density at radius 1 is 1.39 bits per heavy atom. The molecule has 2 rings (SSSR count). The van der Waals surface area contributed by atoms with Gasteiger partial charge >= 0.3 is 0 Å². The van der Waals surface area contributed by atoms with Crippen LogP contribution in [0.1, 0.15) is 61.9 Å². The molecule has 0 aliphatic heterocycles. The normalized spacial score (nSPS) is 23.9. The average molecular weight is 245 g/mol. The Labute approximate surface area is 110 Å². The van der Waals surface area contributed by atoms with Crippen molar-refractivity contribution in [3.63, 3.8) is 0 Å². The van der Waals surface area contributed by atoms with Gasteiger partial charge < -0.3 is 0 Å². The highest BCUT2D eigenvalue weighted by atomic mass is 16.1. The van der Waals surface area contributed by atoms with Gasteiger partial charge in [-0.25, -0.2) is 0 Å². The fraction of sp³-hybridized carbons (Fsp3) is 0.625. The van der Waals surface area contributed by atoms with Crippen molar-refractivity contribution in [3.8, 4) is 0 Å². The third kappa shape index (κ3) is 2.80. The van der Waals surface area contributed by atoms with Crippen molar-refractivity contribution in [2.75, 3.05) is 0 Å². The van der Waals surface area contributed by atoms with Gasteiger partial charge in [-0.1, -0.05) is 33.1 Å². The molecule has 18 heavy (non-hydrogen) atoms. The summed E-state index contributed by atoms with van der Waals surface area (Å²) < 4.78 is 0. The van der Waals surface area contributed by atoms with Gasteiger partial charge in [0, 0.05) is 23.9 Å². The van der Waals surface area contributed by atoms with E-state index in [9.17, 15) is 4.79 Å². The molecule has 0 saturated heterocycles. The van der Waals surface area contributed by atoms with E-state index in [1.165, 1.54) is 19.3 Å². The number of nitrogens with zero attached hydrogens (tertiary/aromatic N) is 1. The third-order valence-corrected chi connectivity index (χ3v) is 4.28. The Bertz CT molecular complexity index is 413. The number of hydrogen-bond acceptors (Lipinski definition) is 2. The monoisotopic (exact) mass is 245 g/mol. The number of carbonyl (C=O) groups is 1. The van der Waals surface area contributed by atoms with Crippen LogP contribution in [0, 0.1) is 11.8 Å². The number of hydrogen-bond donors (Lipinski definition) is 0. The molecule has 1 aromatic heterocycles. The zero-order valence-corrected chi connectivity index (χ0v) is 11.5. The minimum absolute atomic E-state index is 0.247. The highest BCUT2D eigenvalue weighted by Crippen LogP contribution is 2.33. The quantitative estimate of drug-likeness (QED) is 0.749. The zero-order valence-electron chi connectivity index (χ0n) is 11.5. The second-order valence-electron chi connectivity index (χ2n) is 5.39.